The molecule has 1 aliphatic carbocycles. The summed E-state index contributed by atoms with van der Waals surface area (Å²) in [5, 5.41) is 2.48. The minimum Gasteiger partial charge on any atom is -0.355 e. The fourth-order valence-corrected chi connectivity index (χ4v) is 10.3. The van der Waals surface area contributed by atoms with E-state index in [-0.39, 0.29) is 0 Å². The fraction of sp³-hybridized carbons (Fsp3) is 0.0164. The average molecular weight is 803 g/mol. The summed E-state index contributed by atoms with van der Waals surface area (Å²) in [7, 11) is 0. The molecule has 2 heteroatoms. The third-order valence-corrected chi connectivity index (χ3v) is 13.1. The van der Waals surface area contributed by atoms with E-state index in [1.807, 2.05) is 0 Å². The van der Waals surface area contributed by atoms with Crippen LogP contribution in [0.15, 0.2) is 249 Å². The van der Waals surface area contributed by atoms with Gasteiger partial charge in [0.1, 0.15) is 0 Å². The molecule has 1 N–H and O–H groups in total. The summed E-state index contributed by atoms with van der Waals surface area (Å²) in [6, 6.07) is 91.1. The number of hydrogen-bond donors (Lipinski definition) is 1. The molecule has 1 aliphatic rings. The molecule has 0 fully saturated rings. The van der Waals surface area contributed by atoms with Crippen molar-refractivity contribution in [1.82, 2.24) is 4.98 Å². The average Bonchev–Trinajstić information content (AvgIpc) is 3.88. The van der Waals surface area contributed by atoms with Gasteiger partial charge in [-0.15, -0.1) is 0 Å². The van der Waals surface area contributed by atoms with Crippen LogP contribution in [0.1, 0.15) is 22.3 Å². The second kappa shape index (κ2) is 15.1. The van der Waals surface area contributed by atoms with E-state index in [9.17, 15) is 0 Å². The Morgan fingerprint density at radius 1 is 0.302 bits per heavy atom. The maximum Gasteiger partial charge on any atom is 0.0714 e. The van der Waals surface area contributed by atoms with E-state index in [1.165, 1.54) is 72.0 Å². The topological polar surface area (TPSA) is 19.0 Å². The molecule has 10 aromatic carbocycles. The largest absolute Gasteiger partial charge is 0.355 e. The Morgan fingerprint density at radius 3 is 1.60 bits per heavy atom. The molecular weight excluding hydrogens is 761 g/mol. The van der Waals surface area contributed by atoms with E-state index in [0.29, 0.717) is 0 Å². The molecule has 63 heavy (non-hydrogen) atoms. The number of rotatable bonds is 8. The van der Waals surface area contributed by atoms with Crippen molar-refractivity contribution in [3.05, 3.63) is 271 Å². The number of anilines is 3. The van der Waals surface area contributed by atoms with E-state index in [2.05, 4.69) is 259 Å². The normalized spacial score (nSPS) is 12.6. The van der Waals surface area contributed by atoms with Crippen molar-refractivity contribution in [3.8, 4) is 44.5 Å². The van der Waals surface area contributed by atoms with Gasteiger partial charge in [0.05, 0.1) is 11.1 Å². The zero-order valence-corrected chi connectivity index (χ0v) is 34.6. The van der Waals surface area contributed by atoms with Crippen LogP contribution in [0.25, 0.3) is 66.3 Å². The molecule has 0 spiro atoms. The standard InChI is InChI=1S/C61H42N2/c1-4-18-42(19-5-1)51-28-12-15-33-60(51)63(49-27-17-22-45(39-49)43-20-16-21-44(38-43)46-34-37-59-55(40-46)54-30-11-14-32-58(54)62-59)50-35-36-53-52-29-10-13-31-56(52)61(57(53)41-50,47-23-6-2-7-24-47)48-25-8-3-9-26-48/h1-41,62H. The Bertz CT molecular complexity index is 3420. The van der Waals surface area contributed by atoms with Crippen molar-refractivity contribution in [1.29, 1.82) is 0 Å². The Labute approximate surface area is 368 Å². The molecule has 1 heterocycles. The second-order valence-electron chi connectivity index (χ2n) is 16.5. The summed E-state index contributed by atoms with van der Waals surface area (Å²) in [5.41, 5.74) is 19.7. The van der Waals surface area contributed by atoms with E-state index < -0.39 is 5.41 Å². The lowest BCUT2D eigenvalue weighted by atomic mass is 9.67. The van der Waals surface area contributed by atoms with Crippen LogP contribution >= 0.6 is 0 Å². The Balaban J connectivity index is 1.05. The molecule has 0 atom stereocenters. The number of hydrogen-bond acceptors (Lipinski definition) is 1. The van der Waals surface area contributed by atoms with Crippen LogP contribution < -0.4 is 4.90 Å². The Morgan fingerprint density at radius 2 is 0.841 bits per heavy atom. The van der Waals surface area contributed by atoms with Gasteiger partial charge in [0.15, 0.2) is 0 Å². The number of nitrogens with zero attached hydrogens (tertiary/aromatic N) is 1. The third-order valence-electron chi connectivity index (χ3n) is 13.1. The summed E-state index contributed by atoms with van der Waals surface area (Å²) in [6.07, 6.45) is 0. The zero-order valence-electron chi connectivity index (χ0n) is 34.6. The SMILES string of the molecule is c1ccc(-c2ccccc2N(c2cccc(-c3cccc(-c4ccc5[nH]c6ccccc6c5c4)c3)c2)c2ccc3c(c2)C(c2ccccc2)(c2ccccc2)c2ccccc2-3)cc1. The highest BCUT2D eigenvalue weighted by Gasteiger charge is 2.46. The van der Waals surface area contributed by atoms with Gasteiger partial charge in [0.2, 0.25) is 0 Å². The van der Waals surface area contributed by atoms with Gasteiger partial charge in [-0.2, -0.15) is 0 Å². The molecule has 1 aromatic heterocycles. The first kappa shape index (κ1) is 36.6. The van der Waals surface area contributed by atoms with Crippen LogP contribution in [0.5, 0.6) is 0 Å². The van der Waals surface area contributed by atoms with Gasteiger partial charge in [0, 0.05) is 38.7 Å². The molecule has 2 nitrogen and oxygen atoms in total. The van der Waals surface area contributed by atoms with E-state index in [4.69, 9.17) is 0 Å². The van der Waals surface area contributed by atoms with E-state index in [1.54, 1.807) is 0 Å². The first-order valence-corrected chi connectivity index (χ1v) is 21.8. The lowest BCUT2D eigenvalue weighted by Crippen LogP contribution is -2.28. The van der Waals surface area contributed by atoms with E-state index in [0.717, 1.165) is 33.7 Å². The van der Waals surface area contributed by atoms with Crippen molar-refractivity contribution >= 4 is 38.9 Å². The summed E-state index contributed by atoms with van der Waals surface area (Å²) in [4.78, 5) is 6.05. The fourth-order valence-electron chi connectivity index (χ4n) is 10.3. The Kier molecular flexibility index (Phi) is 8.76. The van der Waals surface area contributed by atoms with Gasteiger partial charge in [-0.3, -0.25) is 0 Å². The van der Waals surface area contributed by atoms with Crippen LogP contribution in [0.4, 0.5) is 17.1 Å². The summed E-state index contributed by atoms with van der Waals surface area (Å²) in [6.45, 7) is 0. The number of aromatic nitrogens is 1. The molecule has 11 aromatic rings. The summed E-state index contributed by atoms with van der Waals surface area (Å²) >= 11 is 0. The zero-order chi connectivity index (χ0) is 41.7. The highest BCUT2D eigenvalue weighted by Crippen LogP contribution is 2.57. The first-order valence-electron chi connectivity index (χ1n) is 21.8. The third kappa shape index (κ3) is 6.02. The summed E-state index contributed by atoms with van der Waals surface area (Å²) in [5.74, 6) is 0. The smallest absolute Gasteiger partial charge is 0.0714 e. The van der Waals surface area contributed by atoms with Crippen molar-refractivity contribution in [2.24, 2.45) is 0 Å². The quantitative estimate of drug-likeness (QED) is 0.162. The summed E-state index contributed by atoms with van der Waals surface area (Å²) < 4.78 is 0. The lowest BCUT2D eigenvalue weighted by Gasteiger charge is -2.35. The van der Waals surface area contributed by atoms with Gasteiger partial charge in [-0.05, 0) is 116 Å². The molecular formula is C61H42N2. The van der Waals surface area contributed by atoms with Crippen molar-refractivity contribution in [2.45, 2.75) is 5.41 Å². The maximum absolute atomic E-state index is 3.59. The molecule has 0 bridgehead atoms. The van der Waals surface area contributed by atoms with Crippen molar-refractivity contribution < 1.29 is 0 Å². The molecule has 0 saturated carbocycles. The molecule has 0 amide bonds. The number of H-pyrrole nitrogens is 1. The molecule has 12 rings (SSSR count). The van der Waals surface area contributed by atoms with Gasteiger partial charge in [0.25, 0.3) is 0 Å². The van der Waals surface area contributed by atoms with Gasteiger partial charge in [-0.25, -0.2) is 0 Å². The van der Waals surface area contributed by atoms with Gasteiger partial charge < -0.3 is 9.88 Å². The molecule has 0 saturated heterocycles. The molecule has 0 radical (unpaired) electrons. The number of fused-ring (bicyclic) bond motifs is 6. The number of para-hydroxylation sites is 2. The first-order chi connectivity index (χ1) is 31.2. The highest BCUT2D eigenvalue weighted by atomic mass is 15.1. The van der Waals surface area contributed by atoms with Gasteiger partial charge in [-0.1, -0.05) is 194 Å². The Hall–Kier alpha value is -8.20. The molecule has 0 aliphatic heterocycles. The van der Waals surface area contributed by atoms with Crippen LogP contribution in [0, 0.1) is 0 Å². The van der Waals surface area contributed by atoms with Crippen LogP contribution in [0.2, 0.25) is 0 Å². The minimum atomic E-state index is -0.521. The number of nitrogens with one attached hydrogen (secondary N) is 1. The maximum atomic E-state index is 3.59. The molecule has 0 unspecified atom stereocenters. The van der Waals surface area contributed by atoms with E-state index >= 15 is 0 Å². The van der Waals surface area contributed by atoms with Crippen LogP contribution in [0.3, 0.4) is 0 Å². The van der Waals surface area contributed by atoms with Crippen molar-refractivity contribution in [3.63, 3.8) is 0 Å². The molecule has 296 valence electrons. The second-order valence-corrected chi connectivity index (χ2v) is 16.5. The number of benzene rings is 10. The predicted octanol–water partition coefficient (Wildman–Crippen LogP) is 16.2. The lowest BCUT2D eigenvalue weighted by molar-refractivity contribution is 0.768. The highest BCUT2D eigenvalue weighted by molar-refractivity contribution is 6.08. The van der Waals surface area contributed by atoms with Crippen LogP contribution in [-0.4, -0.2) is 4.98 Å². The minimum absolute atomic E-state index is 0.521. The number of aromatic amines is 1. The monoisotopic (exact) mass is 802 g/mol. The van der Waals surface area contributed by atoms with Gasteiger partial charge >= 0.3 is 0 Å². The van der Waals surface area contributed by atoms with Crippen LogP contribution in [-0.2, 0) is 5.41 Å². The van der Waals surface area contributed by atoms with Crippen molar-refractivity contribution in [2.75, 3.05) is 4.90 Å². The predicted molar refractivity (Wildman–Crippen MR) is 264 cm³/mol.